The molecular weight excluding hydrogens is 313 g/mol. The second kappa shape index (κ2) is 6.43. The van der Waals surface area contributed by atoms with Crippen LogP contribution < -0.4 is 5.32 Å². The molecule has 1 aromatic heterocycles. The summed E-state index contributed by atoms with van der Waals surface area (Å²) in [5.41, 5.74) is 1.74. The van der Waals surface area contributed by atoms with Crippen molar-refractivity contribution in [1.29, 1.82) is 0 Å². The number of nitrogens with one attached hydrogen (secondary N) is 1. The molecule has 1 saturated carbocycles. The van der Waals surface area contributed by atoms with Crippen molar-refractivity contribution >= 4 is 11.9 Å². The molecule has 0 radical (unpaired) electrons. The molecule has 0 saturated heterocycles. The highest BCUT2D eigenvalue weighted by Crippen LogP contribution is 2.26. The number of rotatable bonds is 4. The molecule has 6 nitrogen and oxygen atoms in total. The lowest BCUT2D eigenvalue weighted by Crippen LogP contribution is -2.33. The van der Waals surface area contributed by atoms with Crippen LogP contribution >= 0.6 is 0 Å². The first-order valence-corrected chi connectivity index (χ1v) is 7.80. The summed E-state index contributed by atoms with van der Waals surface area (Å²) in [6.07, 6.45) is 3.16. The molecule has 2 aromatic rings. The zero-order valence-electron chi connectivity index (χ0n) is 13.2. The van der Waals surface area contributed by atoms with E-state index in [0.29, 0.717) is 36.2 Å². The van der Waals surface area contributed by atoms with Gasteiger partial charge in [-0.25, -0.2) is 9.07 Å². The largest absolute Gasteiger partial charge is 0.481 e. The number of amides is 1. The number of nitrogens with zero attached hydrogens (tertiary/aromatic N) is 2. The van der Waals surface area contributed by atoms with Crippen LogP contribution in [0.4, 0.5) is 4.39 Å². The Morgan fingerprint density at radius 2 is 2.00 bits per heavy atom. The van der Waals surface area contributed by atoms with E-state index in [4.69, 9.17) is 5.11 Å². The Hall–Kier alpha value is -2.70. The summed E-state index contributed by atoms with van der Waals surface area (Å²) in [5, 5.41) is 16.1. The van der Waals surface area contributed by atoms with Crippen molar-refractivity contribution in [3.63, 3.8) is 0 Å². The summed E-state index contributed by atoms with van der Waals surface area (Å²) in [4.78, 5) is 23.4. The molecule has 24 heavy (non-hydrogen) atoms. The van der Waals surface area contributed by atoms with Gasteiger partial charge in [0.15, 0.2) is 0 Å². The van der Waals surface area contributed by atoms with Crippen LogP contribution in [0.1, 0.15) is 35.3 Å². The lowest BCUT2D eigenvalue weighted by Gasteiger charge is -2.12. The zero-order chi connectivity index (χ0) is 17.3. The number of carbonyl (C=O) groups is 2. The maximum Gasteiger partial charge on any atom is 0.306 e. The van der Waals surface area contributed by atoms with Gasteiger partial charge in [-0.1, -0.05) is 0 Å². The normalized spacial score (nSPS) is 20.1. The second-order valence-electron chi connectivity index (χ2n) is 6.05. The average molecular weight is 331 g/mol. The van der Waals surface area contributed by atoms with Gasteiger partial charge in [0.1, 0.15) is 5.82 Å². The van der Waals surface area contributed by atoms with Crippen molar-refractivity contribution < 1.29 is 19.1 Å². The summed E-state index contributed by atoms with van der Waals surface area (Å²) < 4.78 is 14.6. The Morgan fingerprint density at radius 3 is 2.62 bits per heavy atom. The van der Waals surface area contributed by atoms with E-state index in [2.05, 4.69) is 10.4 Å². The molecule has 0 bridgehead atoms. The van der Waals surface area contributed by atoms with E-state index in [9.17, 15) is 14.0 Å². The molecule has 2 atom stereocenters. The predicted octanol–water partition coefficient (Wildman–Crippen LogP) is 2.30. The maximum absolute atomic E-state index is 13.0. The van der Waals surface area contributed by atoms with E-state index in [1.807, 2.05) is 0 Å². The van der Waals surface area contributed by atoms with Gasteiger partial charge in [0.25, 0.3) is 5.91 Å². The van der Waals surface area contributed by atoms with Crippen molar-refractivity contribution in [2.24, 2.45) is 5.92 Å². The van der Waals surface area contributed by atoms with Crippen molar-refractivity contribution in [2.75, 3.05) is 0 Å². The number of carboxylic acid groups (broad SMARTS) is 1. The first kappa shape index (κ1) is 16.2. The minimum atomic E-state index is -0.813. The minimum Gasteiger partial charge on any atom is -0.481 e. The number of carboxylic acids is 1. The van der Waals surface area contributed by atoms with Crippen LogP contribution in [0.5, 0.6) is 0 Å². The molecule has 0 spiro atoms. The third kappa shape index (κ3) is 3.15. The first-order valence-electron chi connectivity index (χ1n) is 7.80. The van der Waals surface area contributed by atoms with Gasteiger partial charge in [-0.2, -0.15) is 5.10 Å². The molecule has 1 heterocycles. The molecule has 0 aliphatic heterocycles. The molecule has 1 aliphatic rings. The summed E-state index contributed by atoms with van der Waals surface area (Å²) in [6.45, 7) is 1.76. The fourth-order valence-corrected chi connectivity index (χ4v) is 3.08. The van der Waals surface area contributed by atoms with Gasteiger partial charge in [0.05, 0.1) is 29.1 Å². The number of aliphatic carboxylic acids is 1. The van der Waals surface area contributed by atoms with Crippen LogP contribution in [0.15, 0.2) is 30.5 Å². The Kier molecular flexibility index (Phi) is 4.33. The van der Waals surface area contributed by atoms with E-state index in [1.165, 1.54) is 18.3 Å². The standard InChI is InChI=1S/C17H18FN3O3/c1-10-15(9-19-21(10)14-6-3-12(18)4-7-14)16(22)20-13-5-2-11(8-13)17(23)24/h3-4,6-7,9,11,13H,2,5,8H2,1H3,(H,20,22)(H,23,24)/t11-,13+/m1/s1. The van der Waals surface area contributed by atoms with E-state index in [-0.39, 0.29) is 17.8 Å². The van der Waals surface area contributed by atoms with Crippen molar-refractivity contribution in [1.82, 2.24) is 15.1 Å². The smallest absolute Gasteiger partial charge is 0.306 e. The minimum absolute atomic E-state index is 0.132. The molecule has 0 unspecified atom stereocenters. The van der Waals surface area contributed by atoms with Crippen LogP contribution in [-0.4, -0.2) is 32.8 Å². The number of benzene rings is 1. The van der Waals surface area contributed by atoms with Crippen molar-refractivity contribution in [3.8, 4) is 5.69 Å². The van der Waals surface area contributed by atoms with Crippen LogP contribution in [0.2, 0.25) is 0 Å². The summed E-state index contributed by atoms with van der Waals surface area (Å²) >= 11 is 0. The van der Waals surface area contributed by atoms with Gasteiger partial charge >= 0.3 is 5.97 Å². The Morgan fingerprint density at radius 1 is 1.29 bits per heavy atom. The van der Waals surface area contributed by atoms with Crippen LogP contribution in [0.3, 0.4) is 0 Å². The second-order valence-corrected chi connectivity index (χ2v) is 6.05. The molecule has 1 aliphatic carbocycles. The quantitative estimate of drug-likeness (QED) is 0.900. The molecule has 1 fully saturated rings. The summed E-state index contributed by atoms with van der Waals surface area (Å²) in [7, 11) is 0. The SMILES string of the molecule is Cc1c(C(=O)N[C@H]2CC[C@@H](C(=O)O)C2)cnn1-c1ccc(F)cc1. The number of halogens is 1. The topological polar surface area (TPSA) is 84.2 Å². The zero-order valence-corrected chi connectivity index (χ0v) is 13.2. The summed E-state index contributed by atoms with van der Waals surface area (Å²) in [5.74, 6) is -1.81. The van der Waals surface area contributed by atoms with Crippen LogP contribution in [-0.2, 0) is 4.79 Å². The first-order chi connectivity index (χ1) is 11.5. The summed E-state index contributed by atoms with van der Waals surface area (Å²) in [6, 6.07) is 5.71. The van der Waals surface area contributed by atoms with Crippen molar-refractivity contribution in [3.05, 3.63) is 47.5 Å². The average Bonchev–Trinajstić information content (AvgIpc) is 3.15. The fourth-order valence-electron chi connectivity index (χ4n) is 3.08. The number of hydrogen-bond acceptors (Lipinski definition) is 3. The monoisotopic (exact) mass is 331 g/mol. The number of hydrogen-bond donors (Lipinski definition) is 2. The van der Waals surface area contributed by atoms with E-state index >= 15 is 0 Å². The molecular formula is C17H18FN3O3. The Bertz CT molecular complexity index is 770. The Labute approximate surface area is 138 Å². The highest BCUT2D eigenvalue weighted by Gasteiger charge is 2.31. The van der Waals surface area contributed by atoms with Crippen molar-refractivity contribution in [2.45, 2.75) is 32.2 Å². The third-order valence-corrected chi connectivity index (χ3v) is 4.44. The van der Waals surface area contributed by atoms with Gasteiger partial charge in [0.2, 0.25) is 0 Å². The molecule has 126 valence electrons. The lowest BCUT2D eigenvalue weighted by molar-refractivity contribution is -0.141. The maximum atomic E-state index is 13.0. The van der Waals surface area contributed by atoms with Gasteiger partial charge in [-0.3, -0.25) is 9.59 Å². The van der Waals surface area contributed by atoms with E-state index in [1.54, 1.807) is 23.7 Å². The molecule has 2 N–H and O–H groups in total. The van der Waals surface area contributed by atoms with Gasteiger partial charge in [0, 0.05) is 6.04 Å². The van der Waals surface area contributed by atoms with Gasteiger partial charge in [-0.15, -0.1) is 0 Å². The fraction of sp³-hybridized carbons (Fsp3) is 0.353. The third-order valence-electron chi connectivity index (χ3n) is 4.44. The molecule has 1 amide bonds. The number of aromatic nitrogens is 2. The van der Waals surface area contributed by atoms with Crippen LogP contribution in [0.25, 0.3) is 5.69 Å². The van der Waals surface area contributed by atoms with Crippen LogP contribution in [0, 0.1) is 18.7 Å². The van der Waals surface area contributed by atoms with Gasteiger partial charge in [-0.05, 0) is 50.5 Å². The van der Waals surface area contributed by atoms with Gasteiger partial charge < -0.3 is 10.4 Å². The van der Waals surface area contributed by atoms with E-state index in [0.717, 1.165) is 0 Å². The molecule has 3 rings (SSSR count). The van der Waals surface area contributed by atoms with E-state index < -0.39 is 11.9 Å². The highest BCUT2D eigenvalue weighted by molar-refractivity contribution is 5.95. The molecule has 7 heteroatoms. The highest BCUT2D eigenvalue weighted by atomic mass is 19.1. The molecule has 1 aromatic carbocycles. The predicted molar refractivity (Wildman–Crippen MR) is 84.5 cm³/mol. The Balaban J connectivity index is 1.72. The number of carbonyl (C=O) groups excluding carboxylic acids is 1. The lowest BCUT2D eigenvalue weighted by atomic mass is 10.1.